The van der Waals surface area contributed by atoms with Crippen molar-refractivity contribution in [2.45, 2.75) is 51.5 Å². The molecule has 1 aromatic carbocycles. The molecule has 1 fully saturated rings. The standard InChI is InChI=1S/C25H29FN4S/c1-6-30-9-7-18(8-10-30)23-14-20-21(26)12-19(13-24(20)29-28-23)22-11-16(4)17(5)25(27-22)31-15(2)3/h11-14,18H,2,6-10H2,1,3-5H3. The number of hydrogen-bond donors (Lipinski definition) is 0. The molecule has 0 unspecified atom stereocenters. The summed E-state index contributed by atoms with van der Waals surface area (Å²) in [6.45, 7) is 15.4. The van der Waals surface area contributed by atoms with Crippen LogP contribution in [0.4, 0.5) is 4.39 Å². The van der Waals surface area contributed by atoms with Crippen LogP contribution in [-0.4, -0.2) is 39.7 Å². The Balaban J connectivity index is 1.69. The Morgan fingerprint density at radius 3 is 2.58 bits per heavy atom. The molecule has 0 atom stereocenters. The van der Waals surface area contributed by atoms with E-state index < -0.39 is 0 Å². The number of piperidine rings is 1. The Bertz CT molecular complexity index is 1140. The minimum atomic E-state index is -0.274. The van der Waals surface area contributed by atoms with E-state index in [1.165, 1.54) is 0 Å². The van der Waals surface area contributed by atoms with Crippen molar-refractivity contribution in [1.82, 2.24) is 20.1 Å². The van der Waals surface area contributed by atoms with Crippen LogP contribution in [0.5, 0.6) is 0 Å². The Morgan fingerprint density at radius 2 is 1.90 bits per heavy atom. The highest BCUT2D eigenvalue weighted by molar-refractivity contribution is 8.03. The molecule has 0 spiro atoms. The molecule has 3 heterocycles. The zero-order chi connectivity index (χ0) is 22.1. The fourth-order valence-corrected chi connectivity index (χ4v) is 4.92. The van der Waals surface area contributed by atoms with Crippen molar-refractivity contribution < 1.29 is 4.39 Å². The van der Waals surface area contributed by atoms with Crippen molar-refractivity contribution in [3.05, 3.63) is 58.4 Å². The third kappa shape index (κ3) is 4.65. The number of fused-ring (bicyclic) bond motifs is 1. The average molecular weight is 437 g/mol. The Hall–Kier alpha value is -2.31. The second kappa shape index (κ2) is 9.05. The van der Waals surface area contributed by atoms with Gasteiger partial charge in [0.2, 0.25) is 0 Å². The molecule has 3 aromatic rings. The van der Waals surface area contributed by atoms with Crippen LogP contribution in [0.3, 0.4) is 0 Å². The van der Waals surface area contributed by atoms with Gasteiger partial charge in [0.15, 0.2) is 0 Å². The highest BCUT2D eigenvalue weighted by Gasteiger charge is 2.22. The predicted molar refractivity (Wildman–Crippen MR) is 127 cm³/mol. The SMILES string of the molecule is C=C(C)Sc1nc(-c2cc(F)c3cc(C4CCN(CC)CC4)nnc3c2)cc(C)c1C. The first-order valence-electron chi connectivity index (χ1n) is 10.9. The second-order valence-electron chi connectivity index (χ2n) is 8.43. The van der Waals surface area contributed by atoms with E-state index in [2.05, 4.69) is 42.4 Å². The van der Waals surface area contributed by atoms with E-state index in [0.29, 0.717) is 16.8 Å². The lowest BCUT2D eigenvalue weighted by atomic mass is 9.92. The molecule has 0 amide bonds. The molecule has 0 saturated carbocycles. The molecule has 1 aliphatic heterocycles. The van der Waals surface area contributed by atoms with Crippen molar-refractivity contribution in [3.8, 4) is 11.3 Å². The van der Waals surface area contributed by atoms with Crippen molar-refractivity contribution >= 4 is 22.7 Å². The van der Waals surface area contributed by atoms with Gasteiger partial charge in [-0.3, -0.25) is 0 Å². The summed E-state index contributed by atoms with van der Waals surface area (Å²) < 4.78 is 15.2. The molecule has 6 heteroatoms. The number of aryl methyl sites for hydroxylation is 1. The van der Waals surface area contributed by atoms with Gasteiger partial charge in [-0.1, -0.05) is 25.3 Å². The predicted octanol–water partition coefficient (Wildman–Crippen LogP) is 6.27. The summed E-state index contributed by atoms with van der Waals surface area (Å²) in [7, 11) is 0. The van der Waals surface area contributed by atoms with E-state index >= 15 is 4.39 Å². The van der Waals surface area contributed by atoms with Crippen LogP contribution in [0.25, 0.3) is 22.2 Å². The number of aromatic nitrogens is 3. The van der Waals surface area contributed by atoms with E-state index in [1.54, 1.807) is 17.8 Å². The topological polar surface area (TPSA) is 41.9 Å². The van der Waals surface area contributed by atoms with Crippen LogP contribution in [0.15, 0.2) is 40.8 Å². The van der Waals surface area contributed by atoms with Gasteiger partial charge in [0.25, 0.3) is 0 Å². The van der Waals surface area contributed by atoms with Crippen LogP contribution in [0.1, 0.15) is 49.4 Å². The first kappa shape index (κ1) is 21.9. The van der Waals surface area contributed by atoms with Crippen LogP contribution in [-0.2, 0) is 0 Å². The Morgan fingerprint density at radius 1 is 1.16 bits per heavy atom. The van der Waals surface area contributed by atoms with Gasteiger partial charge in [-0.2, -0.15) is 10.2 Å². The summed E-state index contributed by atoms with van der Waals surface area (Å²) in [6.07, 6.45) is 2.09. The molecule has 0 radical (unpaired) electrons. The molecule has 4 nitrogen and oxygen atoms in total. The van der Waals surface area contributed by atoms with Gasteiger partial charge >= 0.3 is 0 Å². The van der Waals surface area contributed by atoms with Crippen molar-refractivity contribution in [2.24, 2.45) is 0 Å². The fraction of sp³-hybridized carbons (Fsp3) is 0.400. The largest absolute Gasteiger partial charge is 0.304 e. The molecular formula is C25H29FN4S. The minimum absolute atomic E-state index is 0.274. The molecule has 1 saturated heterocycles. The molecule has 0 N–H and O–H groups in total. The lowest BCUT2D eigenvalue weighted by Gasteiger charge is -2.30. The van der Waals surface area contributed by atoms with Crippen LogP contribution in [0.2, 0.25) is 0 Å². The summed E-state index contributed by atoms with van der Waals surface area (Å²) in [5, 5.41) is 10.3. The highest BCUT2D eigenvalue weighted by atomic mass is 32.2. The minimum Gasteiger partial charge on any atom is -0.304 e. The van der Waals surface area contributed by atoms with Crippen molar-refractivity contribution in [1.29, 1.82) is 0 Å². The fourth-order valence-electron chi connectivity index (χ4n) is 4.13. The number of halogens is 1. The maximum Gasteiger partial charge on any atom is 0.133 e. The Labute approximate surface area is 188 Å². The van der Waals surface area contributed by atoms with Gasteiger partial charge < -0.3 is 4.90 Å². The first-order valence-corrected chi connectivity index (χ1v) is 11.7. The normalized spacial score (nSPS) is 15.5. The monoisotopic (exact) mass is 436 g/mol. The third-order valence-corrected chi connectivity index (χ3v) is 7.12. The third-order valence-electron chi connectivity index (χ3n) is 6.18. The van der Waals surface area contributed by atoms with E-state index in [1.807, 2.05) is 25.1 Å². The molecular weight excluding hydrogens is 407 g/mol. The van der Waals surface area contributed by atoms with Gasteiger partial charge in [-0.15, -0.1) is 0 Å². The van der Waals surface area contributed by atoms with Crippen LogP contribution in [0, 0.1) is 19.7 Å². The maximum atomic E-state index is 15.2. The molecule has 162 valence electrons. The molecule has 0 bridgehead atoms. The zero-order valence-electron chi connectivity index (χ0n) is 18.7. The number of allylic oxidation sites excluding steroid dienone is 1. The maximum absolute atomic E-state index is 15.2. The van der Waals surface area contributed by atoms with E-state index in [-0.39, 0.29) is 5.82 Å². The summed E-state index contributed by atoms with van der Waals surface area (Å²) >= 11 is 1.54. The van der Waals surface area contributed by atoms with Crippen LogP contribution >= 0.6 is 11.8 Å². The molecule has 1 aliphatic rings. The number of thioether (sulfide) groups is 1. The van der Waals surface area contributed by atoms with E-state index in [9.17, 15) is 0 Å². The van der Waals surface area contributed by atoms with Gasteiger partial charge in [-0.05, 0) is 93.5 Å². The number of nitrogens with zero attached hydrogens (tertiary/aromatic N) is 4. The Kier molecular flexibility index (Phi) is 6.39. The smallest absolute Gasteiger partial charge is 0.133 e. The number of rotatable bonds is 5. The summed E-state index contributed by atoms with van der Waals surface area (Å²) in [5.74, 6) is 0.0747. The summed E-state index contributed by atoms with van der Waals surface area (Å²) in [5.41, 5.74) is 5.17. The molecule has 31 heavy (non-hydrogen) atoms. The van der Waals surface area contributed by atoms with Gasteiger partial charge in [0.1, 0.15) is 10.8 Å². The highest BCUT2D eigenvalue weighted by Crippen LogP contribution is 2.33. The second-order valence-corrected chi connectivity index (χ2v) is 9.71. The van der Waals surface area contributed by atoms with Crippen molar-refractivity contribution in [3.63, 3.8) is 0 Å². The molecule has 4 rings (SSSR count). The van der Waals surface area contributed by atoms with Gasteiger partial charge in [0.05, 0.1) is 16.9 Å². The first-order chi connectivity index (χ1) is 14.9. The van der Waals surface area contributed by atoms with Crippen molar-refractivity contribution in [2.75, 3.05) is 19.6 Å². The van der Waals surface area contributed by atoms with Gasteiger partial charge in [-0.25, -0.2) is 9.37 Å². The van der Waals surface area contributed by atoms with Crippen LogP contribution < -0.4 is 0 Å². The zero-order valence-corrected chi connectivity index (χ0v) is 19.5. The quantitative estimate of drug-likeness (QED) is 0.441. The van der Waals surface area contributed by atoms with E-state index in [0.717, 1.165) is 70.5 Å². The lowest BCUT2D eigenvalue weighted by Crippen LogP contribution is -2.32. The summed E-state index contributed by atoms with van der Waals surface area (Å²) in [4.78, 5) is 8.19. The number of hydrogen-bond acceptors (Lipinski definition) is 5. The number of benzene rings is 1. The summed E-state index contributed by atoms with van der Waals surface area (Å²) in [6, 6.07) is 7.35. The number of likely N-dealkylation sites (tertiary alicyclic amines) is 1. The number of pyridine rings is 1. The average Bonchev–Trinajstić information content (AvgIpc) is 2.76. The lowest BCUT2D eigenvalue weighted by molar-refractivity contribution is 0.220. The molecule has 2 aromatic heterocycles. The molecule has 0 aliphatic carbocycles. The van der Waals surface area contributed by atoms with E-state index in [4.69, 9.17) is 4.98 Å². The van der Waals surface area contributed by atoms with Gasteiger partial charge in [0, 0.05) is 16.9 Å².